The van der Waals surface area contributed by atoms with Crippen LogP contribution in [0.4, 0.5) is 5.13 Å². The van der Waals surface area contributed by atoms with E-state index in [9.17, 15) is 4.79 Å². The standard InChI is InChI=1S/C15H24N2O2S/c1-4-19-14(18)8-6-12-9-20-15(16-12)17-13-7-5-10(2)11(13)3/h9-11,13H,4-8H2,1-3H3,(H,16,17). The molecule has 112 valence electrons. The Morgan fingerprint density at radius 3 is 2.95 bits per heavy atom. The molecule has 1 fully saturated rings. The van der Waals surface area contributed by atoms with Crippen LogP contribution in [-0.2, 0) is 16.0 Å². The number of esters is 1. The van der Waals surface area contributed by atoms with Crippen molar-refractivity contribution in [3.05, 3.63) is 11.1 Å². The van der Waals surface area contributed by atoms with Gasteiger partial charge in [-0.05, 0) is 31.6 Å². The second-order valence-electron chi connectivity index (χ2n) is 5.61. The van der Waals surface area contributed by atoms with Crippen LogP contribution in [0.25, 0.3) is 0 Å². The molecule has 1 aliphatic rings. The van der Waals surface area contributed by atoms with E-state index < -0.39 is 0 Å². The van der Waals surface area contributed by atoms with Crippen molar-refractivity contribution in [1.29, 1.82) is 0 Å². The maximum Gasteiger partial charge on any atom is 0.306 e. The summed E-state index contributed by atoms with van der Waals surface area (Å²) in [5.74, 6) is 1.34. The maximum absolute atomic E-state index is 11.3. The monoisotopic (exact) mass is 296 g/mol. The molecule has 20 heavy (non-hydrogen) atoms. The Hall–Kier alpha value is -1.10. The summed E-state index contributed by atoms with van der Waals surface area (Å²) < 4.78 is 4.92. The number of carbonyl (C=O) groups excluding carboxylic acids is 1. The molecular formula is C15H24N2O2S. The Labute approximate surface area is 124 Å². The Balaban J connectivity index is 1.82. The lowest BCUT2D eigenvalue weighted by molar-refractivity contribution is -0.143. The highest BCUT2D eigenvalue weighted by Crippen LogP contribution is 2.33. The Morgan fingerprint density at radius 1 is 1.50 bits per heavy atom. The van der Waals surface area contributed by atoms with E-state index in [1.54, 1.807) is 11.3 Å². The van der Waals surface area contributed by atoms with E-state index in [0.717, 1.165) is 16.7 Å². The summed E-state index contributed by atoms with van der Waals surface area (Å²) in [6, 6.07) is 0.536. The summed E-state index contributed by atoms with van der Waals surface area (Å²) in [5.41, 5.74) is 0.976. The summed E-state index contributed by atoms with van der Waals surface area (Å²) in [5, 5.41) is 6.56. The molecule has 0 bridgehead atoms. The third-order valence-corrected chi connectivity index (χ3v) is 5.04. The van der Waals surface area contributed by atoms with Crippen LogP contribution in [0, 0.1) is 11.8 Å². The molecule has 3 atom stereocenters. The van der Waals surface area contributed by atoms with Gasteiger partial charge < -0.3 is 10.1 Å². The molecule has 0 saturated heterocycles. The van der Waals surface area contributed by atoms with Crippen LogP contribution in [0.5, 0.6) is 0 Å². The second-order valence-corrected chi connectivity index (χ2v) is 6.47. The number of thiazole rings is 1. The molecule has 1 N–H and O–H groups in total. The first-order valence-electron chi connectivity index (χ1n) is 7.46. The molecule has 0 spiro atoms. The highest BCUT2D eigenvalue weighted by atomic mass is 32.1. The minimum atomic E-state index is -0.145. The van der Waals surface area contributed by atoms with Crippen LogP contribution in [0.1, 0.15) is 45.7 Å². The maximum atomic E-state index is 11.3. The van der Waals surface area contributed by atoms with Gasteiger partial charge in [0.1, 0.15) is 0 Å². The van der Waals surface area contributed by atoms with Crippen molar-refractivity contribution in [3.63, 3.8) is 0 Å². The van der Waals surface area contributed by atoms with Gasteiger partial charge in [-0.3, -0.25) is 4.79 Å². The van der Waals surface area contributed by atoms with Gasteiger partial charge in [-0.2, -0.15) is 0 Å². The van der Waals surface area contributed by atoms with E-state index >= 15 is 0 Å². The summed E-state index contributed by atoms with van der Waals surface area (Å²) >= 11 is 1.63. The predicted molar refractivity (Wildman–Crippen MR) is 82.0 cm³/mol. The zero-order chi connectivity index (χ0) is 14.5. The molecule has 0 amide bonds. The number of ether oxygens (including phenoxy) is 1. The first-order chi connectivity index (χ1) is 9.60. The van der Waals surface area contributed by atoms with Crippen LogP contribution in [0.2, 0.25) is 0 Å². The van der Waals surface area contributed by atoms with Gasteiger partial charge in [0.15, 0.2) is 5.13 Å². The molecule has 1 aromatic heterocycles. The minimum Gasteiger partial charge on any atom is -0.466 e. The number of nitrogens with one attached hydrogen (secondary N) is 1. The van der Waals surface area contributed by atoms with Gasteiger partial charge in [0.25, 0.3) is 0 Å². The smallest absolute Gasteiger partial charge is 0.306 e. The highest BCUT2D eigenvalue weighted by molar-refractivity contribution is 7.13. The molecule has 1 heterocycles. The summed E-state index contributed by atoms with van der Waals surface area (Å²) in [4.78, 5) is 15.9. The van der Waals surface area contributed by atoms with Crippen LogP contribution >= 0.6 is 11.3 Å². The van der Waals surface area contributed by atoms with Gasteiger partial charge in [0.2, 0.25) is 0 Å². The molecular weight excluding hydrogens is 272 g/mol. The molecule has 1 aliphatic carbocycles. The fourth-order valence-electron chi connectivity index (χ4n) is 2.68. The van der Waals surface area contributed by atoms with Crippen molar-refractivity contribution in [2.75, 3.05) is 11.9 Å². The Kier molecular flexibility index (Phi) is 5.40. The Morgan fingerprint density at radius 2 is 2.30 bits per heavy atom. The molecule has 5 heteroatoms. The lowest BCUT2D eigenvalue weighted by Crippen LogP contribution is -2.23. The number of rotatable bonds is 6. The van der Waals surface area contributed by atoms with Crippen molar-refractivity contribution in [2.45, 2.75) is 52.5 Å². The molecule has 0 radical (unpaired) electrons. The van der Waals surface area contributed by atoms with E-state index in [1.165, 1.54) is 12.8 Å². The number of anilines is 1. The topological polar surface area (TPSA) is 51.2 Å². The van der Waals surface area contributed by atoms with E-state index in [4.69, 9.17) is 4.74 Å². The number of carbonyl (C=O) groups is 1. The molecule has 3 unspecified atom stereocenters. The van der Waals surface area contributed by atoms with Crippen LogP contribution in [0.3, 0.4) is 0 Å². The third kappa shape index (κ3) is 3.95. The number of hydrogen-bond acceptors (Lipinski definition) is 5. The summed E-state index contributed by atoms with van der Waals surface area (Å²) in [6.45, 7) is 6.90. The largest absolute Gasteiger partial charge is 0.466 e. The summed E-state index contributed by atoms with van der Waals surface area (Å²) in [6.07, 6.45) is 3.58. The fraction of sp³-hybridized carbons (Fsp3) is 0.733. The average Bonchev–Trinajstić information content (AvgIpc) is 2.99. The van der Waals surface area contributed by atoms with Gasteiger partial charge in [-0.25, -0.2) is 4.98 Å². The van der Waals surface area contributed by atoms with E-state index in [-0.39, 0.29) is 5.97 Å². The van der Waals surface area contributed by atoms with Crippen LogP contribution in [-0.4, -0.2) is 23.6 Å². The highest BCUT2D eigenvalue weighted by Gasteiger charge is 2.30. The van der Waals surface area contributed by atoms with Crippen molar-refractivity contribution >= 4 is 22.4 Å². The lowest BCUT2D eigenvalue weighted by Gasteiger charge is -2.18. The SMILES string of the molecule is CCOC(=O)CCc1csc(NC2CCC(C)C2C)n1. The van der Waals surface area contributed by atoms with Crippen LogP contribution in [0.15, 0.2) is 5.38 Å². The number of nitrogens with zero attached hydrogens (tertiary/aromatic N) is 1. The van der Waals surface area contributed by atoms with Crippen molar-refractivity contribution in [2.24, 2.45) is 11.8 Å². The predicted octanol–water partition coefficient (Wildman–Crippen LogP) is 3.49. The zero-order valence-corrected chi connectivity index (χ0v) is 13.3. The summed E-state index contributed by atoms with van der Waals surface area (Å²) in [7, 11) is 0. The average molecular weight is 296 g/mol. The first-order valence-corrected chi connectivity index (χ1v) is 8.34. The van der Waals surface area contributed by atoms with Crippen molar-refractivity contribution in [3.8, 4) is 0 Å². The molecule has 0 aromatic carbocycles. The number of aromatic nitrogens is 1. The molecule has 1 saturated carbocycles. The van der Waals surface area contributed by atoms with Crippen molar-refractivity contribution in [1.82, 2.24) is 4.98 Å². The molecule has 1 aromatic rings. The number of aryl methyl sites for hydroxylation is 1. The fourth-order valence-corrected chi connectivity index (χ4v) is 3.49. The van der Waals surface area contributed by atoms with Gasteiger partial charge >= 0.3 is 5.97 Å². The Bertz CT molecular complexity index is 447. The second kappa shape index (κ2) is 7.07. The normalized spacial score (nSPS) is 25.6. The van der Waals surface area contributed by atoms with E-state index in [2.05, 4.69) is 24.1 Å². The van der Waals surface area contributed by atoms with Gasteiger partial charge in [0, 0.05) is 17.8 Å². The molecule has 2 rings (SSSR count). The molecule has 0 aliphatic heterocycles. The van der Waals surface area contributed by atoms with Gasteiger partial charge in [0.05, 0.1) is 18.7 Å². The van der Waals surface area contributed by atoms with E-state index in [0.29, 0.717) is 31.4 Å². The minimum absolute atomic E-state index is 0.145. The first kappa shape index (κ1) is 15.3. The molecule has 4 nitrogen and oxygen atoms in total. The van der Waals surface area contributed by atoms with Gasteiger partial charge in [-0.1, -0.05) is 13.8 Å². The number of hydrogen-bond donors (Lipinski definition) is 1. The zero-order valence-electron chi connectivity index (χ0n) is 12.5. The quantitative estimate of drug-likeness (QED) is 0.817. The van der Waals surface area contributed by atoms with Crippen molar-refractivity contribution < 1.29 is 9.53 Å². The van der Waals surface area contributed by atoms with Gasteiger partial charge in [-0.15, -0.1) is 11.3 Å². The lowest BCUT2D eigenvalue weighted by atomic mass is 9.98. The van der Waals surface area contributed by atoms with Crippen LogP contribution < -0.4 is 5.32 Å². The third-order valence-electron chi connectivity index (χ3n) is 4.22. The van der Waals surface area contributed by atoms with E-state index in [1.807, 2.05) is 12.3 Å².